The third kappa shape index (κ3) is 4.02. The van der Waals surface area contributed by atoms with Gasteiger partial charge >= 0.3 is 5.97 Å². The van der Waals surface area contributed by atoms with Crippen molar-refractivity contribution >= 4 is 5.97 Å². The van der Waals surface area contributed by atoms with Crippen LogP contribution in [0.3, 0.4) is 0 Å². The molecule has 0 aromatic heterocycles. The summed E-state index contributed by atoms with van der Waals surface area (Å²) in [5.74, 6) is -0.117. The highest BCUT2D eigenvalue weighted by Gasteiger charge is 2.56. The first-order chi connectivity index (χ1) is 10.3. The van der Waals surface area contributed by atoms with Crippen LogP contribution in [0.15, 0.2) is 0 Å². The van der Waals surface area contributed by atoms with Crippen LogP contribution in [-0.4, -0.2) is 36.4 Å². The van der Waals surface area contributed by atoms with E-state index in [1.54, 1.807) is 0 Å². The minimum Gasteiger partial charge on any atom is -0.460 e. The highest BCUT2D eigenvalue weighted by Crippen LogP contribution is 2.54. The number of esters is 1. The van der Waals surface area contributed by atoms with Crippen LogP contribution in [0.2, 0.25) is 0 Å². The fourth-order valence-corrected chi connectivity index (χ4v) is 4.16. The molecule has 1 N–H and O–H groups in total. The second-order valence-corrected chi connectivity index (χ2v) is 8.03. The zero-order valence-electron chi connectivity index (χ0n) is 14.9. The summed E-state index contributed by atoms with van der Waals surface area (Å²) in [6, 6.07) is 0.642. The van der Waals surface area contributed by atoms with Gasteiger partial charge in [-0.3, -0.25) is 4.79 Å². The highest BCUT2D eigenvalue weighted by molar-refractivity contribution is 5.70. The number of carbonyl (C=O) groups is 1. The van der Waals surface area contributed by atoms with Crippen molar-refractivity contribution < 1.29 is 14.3 Å². The van der Waals surface area contributed by atoms with Gasteiger partial charge in [0.05, 0.1) is 12.5 Å². The minimum absolute atomic E-state index is 0.117. The number of hydrogen-bond acceptors (Lipinski definition) is 4. The van der Waals surface area contributed by atoms with E-state index in [1.165, 1.54) is 25.7 Å². The van der Waals surface area contributed by atoms with Crippen LogP contribution in [0.25, 0.3) is 0 Å². The van der Waals surface area contributed by atoms with Crippen molar-refractivity contribution in [2.45, 2.75) is 96.9 Å². The molecule has 0 aromatic rings. The molecule has 0 bridgehead atoms. The fourth-order valence-electron chi connectivity index (χ4n) is 4.16. The Morgan fingerprint density at radius 1 is 1.32 bits per heavy atom. The number of hydrogen-bond donors (Lipinski definition) is 1. The Morgan fingerprint density at radius 2 is 1.95 bits per heavy atom. The van der Waals surface area contributed by atoms with E-state index in [9.17, 15) is 4.79 Å². The van der Waals surface area contributed by atoms with Gasteiger partial charge in [0.1, 0.15) is 5.60 Å². The summed E-state index contributed by atoms with van der Waals surface area (Å²) in [4.78, 5) is 11.9. The second kappa shape index (κ2) is 6.88. The lowest BCUT2D eigenvalue weighted by Gasteiger charge is -2.55. The molecule has 2 aliphatic carbocycles. The quantitative estimate of drug-likeness (QED) is 0.763. The van der Waals surface area contributed by atoms with Gasteiger partial charge in [-0.25, -0.2) is 0 Å². The van der Waals surface area contributed by atoms with Crippen molar-refractivity contribution in [1.29, 1.82) is 0 Å². The standard InChI is InChI=1S/C18H33NO3/c1-6-21-15-12-14(18(15)9-7-8-10-18)19-13(2)11-16(20)22-17(3,4)5/h13-15,19H,6-12H2,1-5H3/t13-,14-,15-/m1/s1. The molecule has 128 valence electrons. The summed E-state index contributed by atoms with van der Waals surface area (Å²) in [7, 11) is 0. The summed E-state index contributed by atoms with van der Waals surface area (Å²) in [5, 5.41) is 3.67. The second-order valence-electron chi connectivity index (χ2n) is 8.03. The summed E-state index contributed by atoms with van der Waals surface area (Å²) < 4.78 is 11.4. The van der Waals surface area contributed by atoms with Crippen molar-refractivity contribution in [3.05, 3.63) is 0 Å². The number of rotatable bonds is 6. The summed E-state index contributed by atoms with van der Waals surface area (Å²) in [6.45, 7) is 10.7. The number of carbonyl (C=O) groups excluding carboxylic acids is 1. The average Bonchev–Trinajstić information content (AvgIpc) is 2.87. The first kappa shape index (κ1) is 17.7. The average molecular weight is 311 g/mol. The summed E-state index contributed by atoms with van der Waals surface area (Å²) in [6.07, 6.45) is 7.05. The van der Waals surface area contributed by atoms with E-state index in [-0.39, 0.29) is 12.0 Å². The normalized spacial score (nSPS) is 28.4. The molecule has 0 radical (unpaired) electrons. The zero-order chi connectivity index (χ0) is 16.4. The molecular weight excluding hydrogens is 278 g/mol. The van der Waals surface area contributed by atoms with Gasteiger partial charge in [-0.2, -0.15) is 0 Å². The molecular formula is C18H33NO3. The van der Waals surface area contributed by atoms with Crippen LogP contribution < -0.4 is 5.32 Å². The van der Waals surface area contributed by atoms with E-state index in [4.69, 9.17) is 9.47 Å². The Morgan fingerprint density at radius 3 is 2.50 bits per heavy atom. The Kier molecular flexibility index (Phi) is 5.54. The molecule has 0 saturated heterocycles. The Bertz CT molecular complexity index is 382. The predicted molar refractivity (Wildman–Crippen MR) is 87.8 cm³/mol. The third-order valence-corrected chi connectivity index (χ3v) is 5.07. The van der Waals surface area contributed by atoms with Crippen LogP contribution in [-0.2, 0) is 14.3 Å². The first-order valence-electron chi connectivity index (χ1n) is 8.86. The van der Waals surface area contributed by atoms with Crippen LogP contribution in [0, 0.1) is 5.41 Å². The largest absolute Gasteiger partial charge is 0.460 e. The Balaban J connectivity index is 1.84. The monoisotopic (exact) mass is 311 g/mol. The molecule has 0 unspecified atom stereocenters. The van der Waals surface area contributed by atoms with Crippen molar-refractivity contribution in [3.8, 4) is 0 Å². The van der Waals surface area contributed by atoms with Crippen molar-refractivity contribution in [2.75, 3.05) is 6.61 Å². The molecule has 0 heterocycles. The molecule has 4 heteroatoms. The first-order valence-corrected chi connectivity index (χ1v) is 8.86. The molecule has 3 atom stereocenters. The van der Waals surface area contributed by atoms with Gasteiger partial charge < -0.3 is 14.8 Å². The maximum absolute atomic E-state index is 11.9. The highest BCUT2D eigenvalue weighted by atomic mass is 16.6. The molecule has 0 aromatic carbocycles. The molecule has 1 spiro atoms. The number of ether oxygens (including phenoxy) is 2. The van der Waals surface area contributed by atoms with Crippen LogP contribution in [0.1, 0.15) is 73.1 Å². The van der Waals surface area contributed by atoms with Gasteiger partial charge in [0, 0.05) is 24.1 Å². The third-order valence-electron chi connectivity index (χ3n) is 5.07. The van der Waals surface area contributed by atoms with E-state index in [2.05, 4.69) is 19.2 Å². The molecule has 2 aliphatic rings. The maximum atomic E-state index is 11.9. The molecule has 22 heavy (non-hydrogen) atoms. The molecule has 0 aliphatic heterocycles. The molecule has 2 saturated carbocycles. The van der Waals surface area contributed by atoms with E-state index in [1.807, 2.05) is 20.8 Å². The van der Waals surface area contributed by atoms with Gasteiger partial charge in [0.15, 0.2) is 0 Å². The zero-order valence-corrected chi connectivity index (χ0v) is 14.9. The van der Waals surface area contributed by atoms with Crippen LogP contribution in [0.5, 0.6) is 0 Å². The SMILES string of the molecule is CCO[C@@H]1C[C@@H](N[C@H](C)CC(=O)OC(C)(C)C)C12CCCC2. The van der Waals surface area contributed by atoms with E-state index in [0.29, 0.717) is 24.0 Å². The Labute approximate surface area is 135 Å². The van der Waals surface area contributed by atoms with E-state index >= 15 is 0 Å². The molecule has 4 nitrogen and oxygen atoms in total. The Hall–Kier alpha value is -0.610. The van der Waals surface area contributed by atoms with Gasteiger partial charge in [0.2, 0.25) is 0 Å². The molecule has 0 amide bonds. The summed E-state index contributed by atoms with van der Waals surface area (Å²) >= 11 is 0. The van der Waals surface area contributed by atoms with Crippen molar-refractivity contribution in [1.82, 2.24) is 5.32 Å². The lowest BCUT2D eigenvalue weighted by atomic mass is 9.60. The van der Waals surface area contributed by atoms with Gasteiger partial charge in [-0.1, -0.05) is 12.8 Å². The fraction of sp³-hybridized carbons (Fsp3) is 0.944. The summed E-state index contributed by atoms with van der Waals surface area (Å²) in [5.41, 5.74) is -0.0851. The van der Waals surface area contributed by atoms with Gasteiger partial charge in [0.25, 0.3) is 0 Å². The van der Waals surface area contributed by atoms with Crippen molar-refractivity contribution in [3.63, 3.8) is 0 Å². The molecule has 2 rings (SSSR count). The van der Waals surface area contributed by atoms with Gasteiger partial charge in [-0.05, 0) is 53.9 Å². The smallest absolute Gasteiger partial charge is 0.307 e. The van der Waals surface area contributed by atoms with E-state index in [0.717, 1.165) is 13.0 Å². The van der Waals surface area contributed by atoms with Gasteiger partial charge in [-0.15, -0.1) is 0 Å². The van der Waals surface area contributed by atoms with E-state index < -0.39 is 5.60 Å². The van der Waals surface area contributed by atoms with Crippen molar-refractivity contribution in [2.24, 2.45) is 5.41 Å². The van der Waals surface area contributed by atoms with Crippen LogP contribution in [0.4, 0.5) is 0 Å². The maximum Gasteiger partial charge on any atom is 0.307 e. The predicted octanol–water partition coefficient (Wildman–Crippen LogP) is 3.43. The lowest BCUT2D eigenvalue weighted by Crippen LogP contribution is -2.64. The topological polar surface area (TPSA) is 47.6 Å². The minimum atomic E-state index is -0.403. The van der Waals surface area contributed by atoms with Crippen LogP contribution >= 0.6 is 0 Å². The number of nitrogens with one attached hydrogen (secondary N) is 1. The molecule has 2 fully saturated rings. The lowest BCUT2D eigenvalue weighted by molar-refractivity contribution is -0.156.